The highest BCUT2D eigenvalue weighted by Crippen LogP contribution is 2.11. The average molecular weight is 263 g/mol. The SMILES string of the molecule is Cn1ccnc1C(=O)C(=O)Cc1ccc(Cl)cc1. The molecule has 18 heavy (non-hydrogen) atoms. The molecular formula is C13H11ClN2O2. The molecule has 2 aromatic rings. The van der Waals surface area contributed by atoms with Crippen LogP contribution in [0.2, 0.25) is 5.02 Å². The normalized spacial score (nSPS) is 10.3. The first kappa shape index (κ1) is 12.5. The summed E-state index contributed by atoms with van der Waals surface area (Å²) < 4.78 is 1.53. The molecule has 1 heterocycles. The molecule has 0 N–H and O–H groups in total. The van der Waals surface area contributed by atoms with Gasteiger partial charge in [-0.1, -0.05) is 23.7 Å². The Morgan fingerprint density at radius 2 is 1.94 bits per heavy atom. The Hall–Kier alpha value is -1.94. The van der Waals surface area contributed by atoms with Crippen LogP contribution in [0.3, 0.4) is 0 Å². The number of nitrogens with zero attached hydrogens (tertiary/aromatic N) is 2. The molecule has 0 bridgehead atoms. The number of hydrogen-bond donors (Lipinski definition) is 0. The third-order valence-electron chi connectivity index (χ3n) is 2.56. The van der Waals surface area contributed by atoms with Gasteiger partial charge in [0.2, 0.25) is 5.78 Å². The van der Waals surface area contributed by atoms with E-state index in [0.717, 1.165) is 5.56 Å². The third-order valence-corrected chi connectivity index (χ3v) is 2.81. The first-order valence-corrected chi connectivity index (χ1v) is 5.75. The quantitative estimate of drug-likeness (QED) is 0.626. The van der Waals surface area contributed by atoms with Crippen LogP contribution in [0, 0.1) is 0 Å². The Morgan fingerprint density at radius 3 is 2.50 bits per heavy atom. The standard InChI is InChI=1S/C13H11ClN2O2/c1-16-7-6-15-13(16)12(18)11(17)8-9-2-4-10(14)5-3-9/h2-7H,8H2,1H3. The zero-order chi connectivity index (χ0) is 13.1. The number of benzene rings is 1. The van der Waals surface area contributed by atoms with Crippen molar-refractivity contribution in [3.05, 3.63) is 53.1 Å². The van der Waals surface area contributed by atoms with Gasteiger partial charge in [-0.2, -0.15) is 0 Å². The number of imidazole rings is 1. The molecule has 0 saturated heterocycles. The highest BCUT2D eigenvalue weighted by molar-refractivity contribution is 6.43. The van der Waals surface area contributed by atoms with Crippen molar-refractivity contribution in [2.24, 2.45) is 7.05 Å². The number of carbonyl (C=O) groups is 2. The number of aromatic nitrogens is 2. The fourth-order valence-corrected chi connectivity index (χ4v) is 1.70. The van der Waals surface area contributed by atoms with Gasteiger partial charge in [-0.05, 0) is 17.7 Å². The summed E-state index contributed by atoms with van der Waals surface area (Å²) >= 11 is 5.75. The zero-order valence-corrected chi connectivity index (χ0v) is 10.5. The fourth-order valence-electron chi connectivity index (χ4n) is 1.58. The Labute approximate surface area is 109 Å². The number of Topliss-reactive ketones (excluding diaryl/α,β-unsaturated/α-hetero) is 2. The van der Waals surface area contributed by atoms with Crippen molar-refractivity contribution in [2.75, 3.05) is 0 Å². The molecule has 5 heteroatoms. The summed E-state index contributed by atoms with van der Waals surface area (Å²) in [6.07, 6.45) is 3.18. The first-order chi connectivity index (χ1) is 8.58. The highest BCUT2D eigenvalue weighted by atomic mass is 35.5. The van der Waals surface area contributed by atoms with E-state index in [2.05, 4.69) is 4.98 Å². The van der Waals surface area contributed by atoms with Crippen LogP contribution in [0.1, 0.15) is 16.2 Å². The Bertz CT molecular complexity index is 587. The van der Waals surface area contributed by atoms with Gasteiger partial charge in [0.25, 0.3) is 5.78 Å². The zero-order valence-electron chi connectivity index (χ0n) is 9.76. The molecule has 4 nitrogen and oxygen atoms in total. The summed E-state index contributed by atoms with van der Waals surface area (Å²) in [5.74, 6) is -0.891. The van der Waals surface area contributed by atoms with E-state index >= 15 is 0 Å². The van der Waals surface area contributed by atoms with E-state index in [9.17, 15) is 9.59 Å². The van der Waals surface area contributed by atoms with Crippen LogP contribution < -0.4 is 0 Å². The summed E-state index contributed by atoms with van der Waals surface area (Å²) in [6.45, 7) is 0. The maximum Gasteiger partial charge on any atom is 0.264 e. The van der Waals surface area contributed by atoms with Crippen LogP contribution in [-0.2, 0) is 18.3 Å². The maximum absolute atomic E-state index is 11.8. The maximum atomic E-state index is 11.8. The van der Waals surface area contributed by atoms with Crippen LogP contribution >= 0.6 is 11.6 Å². The van der Waals surface area contributed by atoms with Crippen molar-refractivity contribution in [3.63, 3.8) is 0 Å². The molecule has 0 unspecified atom stereocenters. The molecule has 92 valence electrons. The van der Waals surface area contributed by atoms with Gasteiger partial charge in [-0.25, -0.2) is 4.98 Å². The second-order valence-electron chi connectivity index (χ2n) is 3.92. The minimum atomic E-state index is -0.572. The van der Waals surface area contributed by atoms with E-state index in [-0.39, 0.29) is 12.2 Å². The number of carbonyl (C=O) groups excluding carboxylic acids is 2. The molecule has 0 amide bonds. The van der Waals surface area contributed by atoms with E-state index < -0.39 is 11.6 Å². The van der Waals surface area contributed by atoms with E-state index in [1.807, 2.05) is 0 Å². The summed E-state index contributed by atoms with van der Waals surface area (Å²) in [5.41, 5.74) is 0.756. The molecule has 2 rings (SSSR count). The predicted molar refractivity (Wildman–Crippen MR) is 67.7 cm³/mol. The van der Waals surface area contributed by atoms with Gasteiger partial charge in [0, 0.05) is 30.9 Å². The molecule has 1 aromatic heterocycles. The number of aryl methyl sites for hydroxylation is 1. The van der Waals surface area contributed by atoms with Crippen molar-refractivity contribution in [1.82, 2.24) is 9.55 Å². The lowest BCUT2D eigenvalue weighted by Gasteiger charge is -2.01. The van der Waals surface area contributed by atoms with Gasteiger partial charge in [-0.15, -0.1) is 0 Å². The second kappa shape index (κ2) is 5.14. The first-order valence-electron chi connectivity index (χ1n) is 5.37. The molecule has 1 aromatic carbocycles. The predicted octanol–water partition coefficient (Wildman–Crippen LogP) is 2.07. The molecule has 0 atom stereocenters. The number of ketones is 2. The van der Waals surface area contributed by atoms with Crippen molar-refractivity contribution >= 4 is 23.2 Å². The van der Waals surface area contributed by atoms with Crippen LogP contribution in [0.15, 0.2) is 36.7 Å². The topological polar surface area (TPSA) is 52.0 Å². The van der Waals surface area contributed by atoms with Gasteiger partial charge in [0.1, 0.15) is 0 Å². The third kappa shape index (κ3) is 2.65. The molecule has 0 aliphatic heterocycles. The van der Waals surface area contributed by atoms with Crippen LogP contribution in [0.4, 0.5) is 0 Å². The Morgan fingerprint density at radius 1 is 1.28 bits per heavy atom. The van der Waals surface area contributed by atoms with Crippen molar-refractivity contribution in [3.8, 4) is 0 Å². The monoisotopic (exact) mass is 262 g/mol. The number of halogens is 1. The van der Waals surface area contributed by atoms with Gasteiger partial charge in [0.05, 0.1) is 0 Å². The minimum absolute atomic E-state index is 0.0584. The van der Waals surface area contributed by atoms with Gasteiger partial charge in [0.15, 0.2) is 5.82 Å². The molecule has 0 spiro atoms. The summed E-state index contributed by atoms with van der Waals surface area (Å²) in [7, 11) is 1.68. The van der Waals surface area contributed by atoms with Gasteiger partial charge < -0.3 is 4.57 Å². The van der Waals surface area contributed by atoms with Gasteiger partial charge >= 0.3 is 0 Å². The summed E-state index contributed by atoms with van der Waals surface area (Å²) in [6, 6.07) is 6.84. The molecule has 0 aliphatic rings. The number of hydrogen-bond acceptors (Lipinski definition) is 3. The molecule has 0 fully saturated rings. The molecule has 0 aliphatic carbocycles. The lowest BCUT2D eigenvalue weighted by atomic mass is 10.1. The van der Waals surface area contributed by atoms with Crippen molar-refractivity contribution in [1.29, 1.82) is 0 Å². The summed E-state index contributed by atoms with van der Waals surface area (Å²) in [4.78, 5) is 27.5. The number of rotatable bonds is 4. The van der Waals surface area contributed by atoms with Crippen LogP contribution in [0.5, 0.6) is 0 Å². The van der Waals surface area contributed by atoms with E-state index in [1.54, 1.807) is 37.5 Å². The highest BCUT2D eigenvalue weighted by Gasteiger charge is 2.20. The summed E-state index contributed by atoms with van der Waals surface area (Å²) in [5, 5.41) is 0.599. The second-order valence-corrected chi connectivity index (χ2v) is 4.35. The Kier molecular flexibility index (Phi) is 3.58. The lowest BCUT2D eigenvalue weighted by molar-refractivity contribution is -0.114. The Balaban J connectivity index is 2.11. The van der Waals surface area contributed by atoms with E-state index in [4.69, 9.17) is 11.6 Å². The average Bonchev–Trinajstić information content (AvgIpc) is 2.77. The van der Waals surface area contributed by atoms with Crippen LogP contribution in [-0.4, -0.2) is 21.1 Å². The van der Waals surface area contributed by atoms with Crippen LogP contribution in [0.25, 0.3) is 0 Å². The minimum Gasteiger partial charge on any atom is -0.331 e. The fraction of sp³-hybridized carbons (Fsp3) is 0.154. The van der Waals surface area contributed by atoms with E-state index in [1.165, 1.54) is 10.8 Å². The molecule has 0 saturated carbocycles. The largest absolute Gasteiger partial charge is 0.331 e. The molecule has 0 radical (unpaired) electrons. The van der Waals surface area contributed by atoms with Crippen molar-refractivity contribution in [2.45, 2.75) is 6.42 Å². The van der Waals surface area contributed by atoms with Crippen molar-refractivity contribution < 1.29 is 9.59 Å². The van der Waals surface area contributed by atoms with Gasteiger partial charge in [-0.3, -0.25) is 9.59 Å². The lowest BCUT2D eigenvalue weighted by Crippen LogP contribution is -2.20. The van der Waals surface area contributed by atoms with E-state index in [0.29, 0.717) is 5.02 Å². The smallest absolute Gasteiger partial charge is 0.264 e. The molecular weight excluding hydrogens is 252 g/mol.